The predicted octanol–water partition coefficient (Wildman–Crippen LogP) is 2.70. The van der Waals surface area contributed by atoms with Crippen LogP contribution in [0.25, 0.3) is 17.2 Å². The Morgan fingerprint density at radius 1 is 1.20 bits per heavy atom. The van der Waals surface area contributed by atoms with Gasteiger partial charge in [-0.2, -0.15) is 0 Å². The average molecular weight is 267 g/mol. The van der Waals surface area contributed by atoms with Crippen molar-refractivity contribution < 1.29 is 0 Å². The van der Waals surface area contributed by atoms with Gasteiger partial charge in [-0.15, -0.1) is 0 Å². The second-order valence-electron chi connectivity index (χ2n) is 4.66. The van der Waals surface area contributed by atoms with E-state index in [1.54, 1.807) is 0 Å². The smallest absolute Gasteiger partial charge is 0.182 e. The fourth-order valence-electron chi connectivity index (χ4n) is 2.31. The lowest BCUT2D eigenvalue weighted by Crippen LogP contribution is -2.04. The molecule has 20 heavy (non-hydrogen) atoms. The van der Waals surface area contributed by atoms with Crippen molar-refractivity contribution in [3.05, 3.63) is 41.9 Å². The highest BCUT2D eigenvalue weighted by Crippen LogP contribution is 2.21. The number of anilines is 1. The lowest BCUT2D eigenvalue weighted by molar-refractivity contribution is 0.974. The molecule has 102 valence electrons. The fourth-order valence-corrected chi connectivity index (χ4v) is 2.31. The van der Waals surface area contributed by atoms with Crippen molar-refractivity contribution in [2.45, 2.75) is 20.3 Å². The summed E-state index contributed by atoms with van der Waals surface area (Å²) in [5.41, 5.74) is 3.84. The molecule has 0 aliphatic heterocycles. The zero-order valence-electron chi connectivity index (χ0n) is 11.9. The van der Waals surface area contributed by atoms with Crippen LogP contribution in [0.15, 0.2) is 30.6 Å². The Balaban J connectivity index is 2.18. The SMILES string of the molecule is CCc1nc(-c2cn3ccccc3n2)nc(NC)c1C. The first-order valence-electron chi connectivity index (χ1n) is 6.72. The van der Waals surface area contributed by atoms with Gasteiger partial charge in [0, 0.05) is 30.7 Å². The van der Waals surface area contributed by atoms with Crippen LogP contribution in [0.4, 0.5) is 5.82 Å². The summed E-state index contributed by atoms with van der Waals surface area (Å²) in [5, 5.41) is 3.13. The number of aryl methyl sites for hydroxylation is 1. The number of pyridine rings is 1. The van der Waals surface area contributed by atoms with Gasteiger partial charge in [0.1, 0.15) is 17.2 Å². The molecule has 0 atom stereocenters. The molecule has 0 aliphatic rings. The second-order valence-corrected chi connectivity index (χ2v) is 4.66. The summed E-state index contributed by atoms with van der Waals surface area (Å²) in [6, 6.07) is 5.92. The molecule has 0 amide bonds. The van der Waals surface area contributed by atoms with Gasteiger partial charge in [0.15, 0.2) is 5.82 Å². The van der Waals surface area contributed by atoms with Crippen LogP contribution >= 0.6 is 0 Å². The Morgan fingerprint density at radius 2 is 2.05 bits per heavy atom. The summed E-state index contributed by atoms with van der Waals surface area (Å²) in [6.45, 7) is 4.14. The van der Waals surface area contributed by atoms with Crippen molar-refractivity contribution in [3.8, 4) is 11.5 Å². The van der Waals surface area contributed by atoms with E-state index < -0.39 is 0 Å². The van der Waals surface area contributed by atoms with E-state index in [4.69, 9.17) is 0 Å². The third kappa shape index (κ3) is 2.01. The Labute approximate surface area is 117 Å². The standard InChI is InChI=1S/C15H17N5/c1-4-11-10(2)14(16-3)19-15(18-11)12-9-20-8-6-5-7-13(20)17-12/h5-9H,4H2,1-3H3,(H,16,18,19). The van der Waals surface area contributed by atoms with Crippen molar-refractivity contribution in [3.63, 3.8) is 0 Å². The van der Waals surface area contributed by atoms with Crippen LogP contribution in [0.2, 0.25) is 0 Å². The molecule has 3 aromatic rings. The van der Waals surface area contributed by atoms with Gasteiger partial charge in [-0.1, -0.05) is 13.0 Å². The lowest BCUT2D eigenvalue weighted by atomic mass is 10.2. The minimum absolute atomic E-state index is 0.667. The first-order valence-corrected chi connectivity index (χ1v) is 6.72. The van der Waals surface area contributed by atoms with Crippen LogP contribution < -0.4 is 5.32 Å². The topological polar surface area (TPSA) is 55.1 Å². The maximum absolute atomic E-state index is 4.64. The minimum Gasteiger partial charge on any atom is -0.373 e. The van der Waals surface area contributed by atoms with E-state index in [0.717, 1.165) is 34.8 Å². The van der Waals surface area contributed by atoms with Gasteiger partial charge in [0.05, 0.1) is 0 Å². The molecule has 0 spiro atoms. The van der Waals surface area contributed by atoms with Gasteiger partial charge < -0.3 is 9.72 Å². The van der Waals surface area contributed by atoms with Gasteiger partial charge in [0.2, 0.25) is 0 Å². The van der Waals surface area contributed by atoms with E-state index in [0.29, 0.717) is 5.82 Å². The Hall–Kier alpha value is -2.43. The molecule has 5 heteroatoms. The Bertz CT molecular complexity index is 702. The molecule has 0 radical (unpaired) electrons. The molecule has 3 heterocycles. The molecule has 0 aromatic carbocycles. The third-order valence-electron chi connectivity index (χ3n) is 3.41. The van der Waals surface area contributed by atoms with E-state index in [9.17, 15) is 0 Å². The first kappa shape index (κ1) is 12.6. The molecule has 3 aromatic heterocycles. The molecule has 0 fully saturated rings. The lowest BCUT2D eigenvalue weighted by Gasteiger charge is -2.09. The number of nitrogens with one attached hydrogen (secondary N) is 1. The maximum Gasteiger partial charge on any atom is 0.182 e. The quantitative estimate of drug-likeness (QED) is 0.792. The molecule has 0 bridgehead atoms. The zero-order valence-corrected chi connectivity index (χ0v) is 11.9. The molecule has 0 saturated heterocycles. The van der Waals surface area contributed by atoms with Crippen molar-refractivity contribution in [1.82, 2.24) is 19.4 Å². The summed E-state index contributed by atoms with van der Waals surface area (Å²) >= 11 is 0. The average Bonchev–Trinajstić information content (AvgIpc) is 2.91. The maximum atomic E-state index is 4.64. The van der Waals surface area contributed by atoms with Crippen LogP contribution in [0, 0.1) is 6.92 Å². The molecule has 1 N–H and O–H groups in total. The molecular weight excluding hydrogens is 250 g/mol. The molecule has 5 nitrogen and oxygen atoms in total. The Morgan fingerprint density at radius 3 is 2.75 bits per heavy atom. The van der Waals surface area contributed by atoms with Crippen LogP contribution in [-0.4, -0.2) is 26.4 Å². The summed E-state index contributed by atoms with van der Waals surface area (Å²) in [5.74, 6) is 1.53. The highest BCUT2D eigenvalue weighted by atomic mass is 15.1. The number of nitrogens with zero attached hydrogens (tertiary/aromatic N) is 4. The largest absolute Gasteiger partial charge is 0.373 e. The van der Waals surface area contributed by atoms with Crippen molar-refractivity contribution >= 4 is 11.5 Å². The van der Waals surface area contributed by atoms with E-state index in [1.807, 2.05) is 49.0 Å². The van der Waals surface area contributed by atoms with Crippen LogP contribution in [0.1, 0.15) is 18.2 Å². The van der Waals surface area contributed by atoms with Gasteiger partial charge in [-0.05, 0) is 25.5 Å². The van der Waals surface area contributed by atoms with Crippen LogP contribution in [-0.2, 0) is 6.42 Å². The van der Waals surface area contributed by atoms with Gasteiger partial charge in [-0.3, -0.25) is 0 Å². The third-order valence-corrected chi connectivity index (χ3v) is 3.41. The number of aromatic nitrogens is 4. The summed E-state index contributed by atoms with van der Waals surface area (Å²) in [6.07, 6.45) is 4.81. The van der Waals surface area contributed by atoms with Gasteiger partial charge in [0.25, 0.3) is 0 Å². The monoisotopic (exact) mass is 267 g/mol. The summed E-state index contributed by atoms with van der Waals surface area (Å²) in [4.78, 5) is 13.8. The molecule has 3 rings (SSSR count). The van der Waals surface area contributed by atoms with Crippen LogP contribution in [0.5, 0.6) is 0 Å². The molecule has 0 aliphatic carbocycles. The summed E-state index contributed by atoms with van der Waals surface area (Å²) < 4.78 is 1.98. The second kappa shape index (κ2) is 4.92. The fraction of sp³-hybridized carbons (Fsp3) is 0.267. The van der Waals surface area contributed by atoms with Crippen molar-refractivity contribution in [2.24, 2.45) is 0 Å². The number of hydrogen-bond donors (Lipinski definition) is 1. The Kier molecular flexibility index (Phi) is 3.10. The summed E-state index contributed by atoms with van der Waals surface area (Å²) in [7, 11) is 1.88. The number of hydrogen-bond acceptors (Lipinski definition) is 4. The van der Waals surface area contributed by atoms with Gasteiger partial charge in [-0.25, -0.2) is 15.0 Å². The van der Waals surface area contributed by atoms with E-state index in [-0.39, 0.29) is 0 Å². The number of rotatable bonds is 3. The van der Waals surface area contributed by atoms with Crippen molar-refractivity contribution in [2.75, 3.05) is 12.4 Å². The molecule has 0 saturated carbocycles. The molecule has 0 unspecified atom stereocenters. The predicted molar refractivity (Wildman–Crippen MR) is 79.9 cm³/mol. The highest BCUT2D eigenvalue weighted by molar-refractivity contribution is 5.59. The van der Waals surface area contributed by atoms with Gasteiger partial charge >= 0.3 is 0 Å². The number of fused-ring (bicyclic) bond motifs is 1. The van der Waals surface area contributed by atoms with E-state index >= 15 is 0 Å². The minimum atomic E-state index is 0.667. The van der Waals surface area contributed by atoms with E-state index in [1.165, 1.54) is 0 Å². The zero-order chi connectivity index (χ0) is 14.1. The van der Waals surface area contributed by atoms with Crippen molar-refractivity contribution in [1.29, 1.82) is 0 Å². The van der Waals surface area contributed by atoms with Crippen LogP contribution in [0.3, 0.4) is 0 Å². The molecular formula is C15H17N5. The first-order chi connectivity index (χ1) is 9.72. The normalized spacial score (nSPS) is 10.9. The number of imidazole rings is 1. The highest BCUT2D eigenvalue weighted by Gasteiger charge is 2.12. The van der Waals surface area contributed by atoms with E-state index in [2.05, 4.69) is 27.2 Å².